The molecule has 0 aliphatic heterocycles. The highest BCUT2D eigenvalue weighted by molar-refractivity contribution is 5.89. The lowest BCUT2D eigenvalue weighted by Gasteiger charge is -2.29. The number of carbonyl (C=O) groups excluding carboxylic acids is 1. The minimum absolute atomic E-state index is 0.180. The molecule has 2 heterocycles. The first-order valence-corrected chi connectivity index (χ1v) is 9.81. The summed E-state index contributed by atoms with van der Waals surface area (Å²) in [7, 11) is 0. The van der Waals surface area contributed by atoms with Crippen LogP contribution in [0.3, 0.4) is 0 Å². The fraction of sp³-hybridized carbons (Fsp3) is 0.381. The van der Waals surface area contributed by atoms with E-state index in [1.54, 1.807) is 18.3 Å². The van der Waals surface area contributed by atoms with Gasteiger partial charge in [-0.15, -0.1) is 5.10 Å². The SMILES string of the molecule is CC1CCCCC1NC(=O)Nc1cccc(Cn2nc3ccccn3c2=O)c1. The van der Waals surface area contributed by atoms with Crippen LogP contribution in [-0.2, 0) is 6.54 Å². The molecule has 0 bridgehead atoms. The molecule has 4 rings (SSSR count). The lowest BCUT2D eigenvalue weighted by Crippen LogP contribution is -2.43. The van der Waals surface area contributed by atoms with Crippen molar-refractivity contribution in [3.05, 3.63) is 64.7 Å². The summed E-state index contributed by atoms with van der Waals surface area (Å²) in [6, 6.07) is 13.0. The lowest BCUT2D eigenvalue weighted by atomic mass is 9.86. The van der Waals surface area contributed by atoms with Crippen molar-refractivity contribution in [1.29, 1.82) is 0 Å². The Morgan fingerprint density at radius 2 is 2.04 bits per heavy atom. The van der Waals surface area contributed by atoms with Gasteiger partial charge in [-0.25, -0.2) is 14.3 Å². The summed E-state index contributed by atoms with van der Waals surface area (Å²) < 4.78 is 2.94. The molecule has 1 aromatic carbocycles. The largest absolute Gasteiger partial charge is 0.350 e. The second-order valence-electron chi connectivity index (χ2n) is 7.54. The molecule has 7 heteroatoms. The Morgan fingerprint density at radius 3 is 2.86 bits per heavy atom. The van der Waals surface area contributed by atoms with E-state index in [9.17, 15) is 9.59 Å². The Hall–Kier alpha value is -3.09. The standard InChI is InChI=1S/C21H25N5O2/c1-15-7-2-3-10-18(15)23-20(27)22-17-9-6-8-16(13-17)14-26-21(28)25-12-5-4-11-19(25)24-26/h4-6,8-9,11-13,15,18H,2-3,7,10,14H2,1H3,(H2,22,23,27). The first-order valence-electron chi connectivity index (χ1n) is 9.81. The number of pyridine rings is 1. The van der Waals surface area contributed by atoms with Crippen LogP contribution in [-0.4, -0.2) is 26.3 Å². The van der Waals surface area contributed by atoms with E-state index in [0.29, 0.717) is 23.8 Å². The van der Waals surface area contributed by atoms with Crippen molar-refractivity contribution in [1.82, 2.24) is 19.5 Å². The maximum Gasteiger partial charge on any atom is 0.350 e. The Balaban J connectivity index is 1.44. The number of anilines is 1. The van der Waals surface area contributed by atoms with Crippen molar-refractivity contribution in [3.63, 3.8) is 0 Å². The van der Waals surface area contributed by atoms with Crippen molar-refractivity contribution >= 4 is 17.4 Å². The molecule has 2 atom stereocenters. The number of amides is 2. The van der Waals surface area contributed by atoms with Crippen LogP contribution in [0.1, 0.15) is 38.2 Å². The predicted octanol–water partition coefficient (Wildman–Crippen LogP) is 3.24. The number of nitrogens with one attached hydrogen (secondary N) is 2. The highest BCUT2D eigenvalue weighted by atomic mass is 16.2. The molecule has 28 heavy (non-hydrogen) atoms. The van der Waals surface area contributed by atoms with Crippen LogP contribution < -0.4 is 16.3 Å². The third-order valence-corrected chi connectivity index (χ3v) is 5.43. The van der Waals surface area contributed by atoms with E-state index in [1.807, 2.05) is 30.3 Å². The van der Waals surface area contributed by atoms with Crippen LogP contribution in [0, 0.1) is 5.92 Å². The second-order valence-corrected chi connectivity index (χ2v) is 7.54. The van der Waals surface area contributed by atoms with Crippen molar-refractivity contribution in [3.8, 4) is 0 Å². The molecule has 0 spiro atoms. The number of rotatable bonds is 4. The van der Waals surface area contributed by atoms with Gasteiger partial charge >= 0.3 is 11.7 Å². The second kappa shape index (κ2) is 7.88. The summed E-state index contributed by atoms with van der Waals surface area (Å²) in [6.45, 7) is 2.54. The minimum Gasteiger partial charge on any atom is -0.335 e. The summed E-state index contributed by atoms with van der Waals surface area (Å²) in [6.07, 6.45) is 6.30. The highest BCUT2D eigenvalue weighted by Gasteiger charge is 2.22. The number of carbonyl (C=O) groups is 1. The molecule has 2 N–H and O–H groups in total. The van der Waals surface area contributed by atoms with Gasteiger partial charge in [0.05, 0.1) is 6.54 Å². The molecule has 2 aromatic heterocycles. The maximum absolute atomic E-state index is 12.4. The number of nitrogens with zero attached hydrogens (tertiary/aromatic N) is 3. The van der Waals surface area contributed by atoms with Crippen LogP contribution in [0.5, 0.6) is 0 Å². The average Bonchev–Trinajstić information content (AvgIpc) is 3.00. The van der Waals surface area contributed by atoms with Crippen LogP contribution in [0.4, 0.5) is 10.5 Å². The third kappa shape index (κ3) is 3.93. The number of hydrogen-bond donors (Lipinski definition) is 2. The molecule has 1 saturated carbocycles. The zero-order valence-corrected chi connectivity index (χ0v) is 16.0. The Morgan fingerprint density at radius 1 is 1.18 bits per heavy atom. The minimum atomic E-state index is -0.182. The van der Waals surface area contributed by atoms with Crippen LogP contribution in [0.25, 0.3) is 5.65 Å². The summed E-state index contributed by atoms with van der Waals surface area (Å²) in [5.74, 6) is 0.507. The van der Waals surface area contributed by atoms with E-state index in [4.69, 9.17) is 0 Å². The van der Waals surface area contributed by atoms with Crippen LogP contribution >= 0.6 is 0 Å². The molecule has 1 aliphatic rings. The molecule has 2 unspecified atom stereocenters. The Labute approximate surface area is 163 Å². The third-order valence-electron chi connectivity index (χ3n) is 5.43. The van der Waals surface area contributed by atoms with Gasteiger partial charge in [0.15, 0.2) is 5.65 Å². The summed E-state index contributed by atoms with van der Waals surface area (Å²) in [5, 5.41) is 10.4. The normalized spacial score (nSPS) is 19.5. The Bertz CT molecular complexity index is 1040. The van der Waals surface area contributed by atoms with Gasteiger partial charge in [0.1, 0.15) is 0 Å². The van der Waals surface area contributed by atoms with E-state index >= 15 is 0 Å². The van der Waals surface area contributed by atoms with E-state index in [-0.39, 0.29) is 17.8 Å². The van der Waals surface area contributed by atoms with Gasteiger partial charge in [0.2, 0.25) is 0 Å². The van der Waals surface area contributed by atoms with Crippen molar-refractivity contribution in [2.45, 2.75) is 45.2 Å². The fourth-order valence-electron chi connectivity index (χ4n) is 3.86. The zero-order chi connectivity index (χ0) is 19.5. The van der Waals surface area contributed by atoms with Gasteiger partial charge in [-0.1, -0.05) is 38.0 Å². The van der Waals surface area contributed by atoms with Gasteiger partial charge in [-0.05, 0) is 48.6 Å². The number of aromatic nitrogens is 3. The van der Waals surface area contributed by atoms with Gasteiger partial charge in [-0.2, -0.15) is 0 Å². The fourth-order valence-corrected chi connectivity index (χ4v) is 3.86. The molecule has 3 aromatic rings. The summed E-state index contributed by atoms with van der Waals surface area (Å²) >= 11 is 0. The van der Waals surface area contributed by atoms with Gasteiger partial charge in [-0.3, -0.25) is 4.40 Å². The van der Waals surface area contributed by atoms with Crippen molar-refractivity contribution in [2.24, 2.45) is 5.92 Å². The van der Waals surface area contributed by atoms with E-state index in [1.165, 1.54) is 21.9 Å². The molecule has 7 nitrogen and oxygen atoms in total. The van der Waals surface area contributed by atoms with Crippen LogP contribution in [0.2, 0.25) is 0 Å². The highest BCUT2D eigenvalue weighted by Crippen LogP contribution is 2.23. The van der Waals surface area contributed by atoms with Crippen molar-refractivity contribution < 1.29 is 4.79 Å². The summed E-state index contributed by atoms with van der Waals surface area (Å²) in [5.41, 5.74) is 2.03. The van der Waals surface area contributed by atoms with E-state index in [0.717, 1.165) is 18.4 Å². The average molecular weight is 379 g/mol. The molecule has 0 radical (unpaired) electrons. The van der Waals surface area contributed by atoms with Gasteiger partial charge in [0, 0.05) is 17.9 Å². The first-order chi connectivity index (χ1) is 13.6. The van der Waals surface area contributed by atoms with E-state index < -0.39 is 0 Å². The predicted molar refractivity (Wildman–Crippen MR) is 109 cm³/mol. The van der Waals surface area contributed by atoms with Gasteiger partial charge < -0.3 is 10.6 Å². The molecular formula is C21H25N5O2. The molecule has 1 fully saturated rings. The molecule has 1 aliphatic carbocycles. The molecule has 2 amide bonds. The Kier molecular flexibility index (Phi) is 5.14. The van der Waals surface area contributed by atoms with Crippen molar-refractivity contribution in [2.75, 3.05) is 5.32 Å². The lowest BCUT2D eigenvalue weighted by molar-refractivity contribution is 0.232. The monoisotopic (exact) mass is 379 g/mol. The molecular weight excluding hydrogens is 354 g/mol. The zero-order valence-electron chi connectivity index (χ0n) is 16.0. The smallest absolute Gasteiger partial charge is 0.335 e. The quantitative estimate of drug-likeness (QED) is 0.730. The molecule has 0 saturated heterocycles. The number of urea groups is 1. The molecule has 146 valence electrons. The summed E-state index contributed by atoms with van der Waals surface area (Å²) in [4.78, 5) is 24.8. The number of benzene rings is 1. The topological polar surface area (TPSA) is 80.4 Å². The number of hydrogen-bond acceptors (Lipinski definition) is 3. The first kappa shape index (κ1) is 18.3. The van der Waals surface area contributed by atoms with E-state index in [2.05, 4.69) is 22.7 Å². The maximum atomic E-state index is 12.4. The van der Waals surface area contributed by atoms with Gasteiger partial charge in [0.25, 0.3) is 0 Å². The van der Waals surface area contributed by atoms with Crippen LogP contribution in [0.15, 0.2) is 53.5 Å². The number of fused-ring (bicyclic) bond motifs is 1.